The van der Waals surface area contributed by atoms with Gasteiger partial charge < -0.3 is 10.7 Å². The van der Waals surface area contributed by atoms with E-state index >= 15 is 0 Å². The first-order valence-corrected chi connectivity index (χ1v) is 5.98. The molecule has 0 spiro atoms. The lowest BCUT2D eigenvalue weighted by Crippen LogP contribution is -1.92. The van der Waals surface area contributed by atoms with Gasteiger partial charge in [0.15, 0.2) is 5.16 Å². The molecule has 1 aromatic carbocycles. The Balaban J connectivity index is 2.33. The number of aromatic amines is 1. The molecule has 2 aromatic rings. The highest BCUT2D eigenvalue weighted by atomic mass is 127. The summed E-state index contributed by atoms with van der Waals surface area (Å²) in [7, 11) is 0. The molecule has 0 aliphatic heterocycles. The number of rotatable bonds is 2. The zero-order valence-corrected chi connectivity index (χ0v) is 10.5. The van der Waals surface area contributed by atoms with E-state index in [1.165, 1.54) is 17.8 Å². The zero-order valence-electron chi connectivity index (χ0n) is 7.50. The van der Waals surface area contributed by atoms with Gasteiger partial charge in [-0.2, -0.15) is 0 Å². The maximum absolute atomic E-state index is 13.3. The summed E-state index contributed by atoms with van der Waals surface area (Å²) < 4.78 is 13.8. The normalized spacial score (nSPS) is 10.5. The summed E-state index contributed by atoms with van der Waals surface area (Å²) >= 11 is 3.22. The third-order valence-corrected chi connectivity index (χ3v) is 3.55. The summed E-state index contributed by atoms with van der Waals surface area (Å²) in [5.74, 6) is -0.265. The lowest BCUT2D eigenvalue weighted by atomic mass is 10.3. The predicted molar refractivity (Wildman–Crippen MR) is 66.2 cm³/mol. The van der Waals surface area contributed by atoms with Crippen LogP contribution < -0.4 is 5.73 Å². The maximum Gasteiger partial charge on any atom is 0.170 e. The number of nitrogens with zero attached hydrogens (tertiary/aromatic N) is 1. The monoisotopic (exact) mass is 335 g/mol. The fourth-order valence-corrected chi connectivity index (χ4v) is 2.32. The van der Waals surface area contributed by atoms with Gasteiger partial charge in [0.05, 0.1) is 3.57 Å². The molecule has 6 heteroatoms. The third kappa shape index (κ3) is 2.43. The Morgan fingerprint density at radius 1 is 1.47 bits per heavy atom. The van der Waals surface area contributed by atoms with E-state index in [9.17, 15) is 4.39 Å². The maximum atomic E-state index is 13.3. The number of nitrogens with two attached hydrogens (primary N) is 1. The number of nitrogen functional groups attached to an aromatic ring is 1. The smallest absolute Gasteiger partial charge is 0.170 e. The van der Waals surface area contributed by atoms with Crippen LogP contribution in [-0.4, -0.2) is 9.97 Å². The Morgan fingerprint density at radius 2 is 2.27 bits per heavy atom. The fourth-order valence-electron chi connectivity index (χ4n) is 1.04. The SMILES string of the molecule is Nc1cc(I)c(F)cc1Sc1ncc[nH]1. The number of anilines is 1. The molecule has 2 rings (SSSR count). The summed E-state index contributed by atoms with van der Waals surface area (Å²) in [6.45, 7) is 0. The second-order valence-corrected chi connectivity index (χ2v) is 4.99. The van der Waals surface area contributed by atoms with E-state index in [1.54, 1.807) is 18.5 Å². The lowest BCUT2D eigenvalue weighted by molar-refractivity contribution is 0.617. The van der Waals surface area contributed by atoms with Gasteiger partial charge in [-0.25, -0.2) is 9.37 Å². The van der Waals surface area contributed by atoms with Gasteiger partial charge in [0.2, 0.25) is 0 Å². The number of aromatic nitrogens is 2. The minimum atomic E-state index is -0.265. The summed E-state index contributed by atoms with van der Waals surface area (Å²) in [6.07, 6.45) is 3.35. The Morgan fingerprint density at radius 3 is 2.93 bits per heavy atom. The van der Waals surface area contributed by atoms with Gasteiger partial charge in [0, 0.05) is 23.0 Å². The number of hydrogen-bond donors (Lipinski definition) is 2. The van der Waals surface area contributed by atoms with Crippen molar-refractivity contribution in [1.29, 1.82) is 0 Å². The van der Waals surface area contributed by atoms with Crippen molar-refractivity contribution in [3.8, 4) is 0 Å². The summed E-state index contributed by atoms with van der Waals surface area (Å²) in [6, 6.07) is 3.03. The average molecular weight is 335 g/mol. The van der Waals surface area contributed by atoms with E-state index in [2.05, 4.69) is 9.97 Å². The van der Waals surface area contributed by atoms with E-state index in [0.29, 0.717) is 19.3 Å². The van der Waals surface area contributed by atoms with Crippen LogP contribution in [0.15, 0.2) is 34.6 Å². The molecule has 0 fully saturated rings. The van der Waals surface area contributed by atoms with Gasteiger partial charge >= 0.3 is 0 Å². The van der Waals surface area contributed by atoms with Gasteiger partial charge in [-0.15, -0.1) is 0 Å². The molecule has 0 saturated heterocycles. The number of hydrogen-bond acceptors (Lipinski definition) is 3. The molecule has 0 bridgehead atoms. The molecule has 0 aliphatic carbocycles. The van der Waals surface area contributed by atoms with Crippen molar-refractivity contribution in [2.24, 2.45) is 0 Å². The summed E-state index contributed by atoms with van der Waals surface area (Å²) in [4.78, 5) is 7.62. The Kier molecular flexibility index (Phi) is 3.15. The molecule has 1 aromatic heterocycles. The molecule has 0 saturated carbocycles. The first kappa shape index (κ1) is 10.7. The lowest BCUT2D eigenvalue weighted by Gasteiger charge is -2.04. The molecule has 0 amide bonds. The molecule has 78 valence electrons. The fraction of sp³-hybridized carbons (Fsp3) is 0. The van der Waals surface area contributed by atoms with Crippen LogP contribution in [0, 0.1) is 9.39 Å². The second kappa shape index (κ2) is 4.40. The third-order valence-electron chi connectivity index (χ3n) is 1.73. The highest BCUT2D eigenvalue weighted by Crippen LogP contribution is 2.31. The highest BCUT2D eigenvalue weighted by molar-refractivity contribution is 14.1. The average Bonchev–Trinajstić information content (AvgIpc) is 2.67. The molecule has 1 heterocycles. The molecular weight excluding hydrogens is 328 g/mol. The molecule has 0 atom stereocenters. The molecular formula is C9H7FIN3S. The predicted octanol–water partition coefficient (Wildman–Crippen LogP) is 2.89. The quantitative estimate of drug-likeness (QED) is 0.655. The van der Waals surface area contributed by atoms with Crippen molar-refractivity contribution in [3.05, 3.63) is 33.9 Å². The summed E-state index contributed by atoms with van der Waals surface area (Å²) in [5.41, 5.74) is 6.33. The van der Waals surface area contributed by atoms with Gasteiger partial charge in [-0.05, 0) is 46.5 Å². The zero-order chi connectivity index (χ0) is 10.8. The first-order valence-electron chi connectivity index (χ1n) is 4.08. The van der Waals surface area contributed by atoms with Crippen molar-refractivity contribution in [2.75, 3.05) is 5.73 Å². The van der Waals surface area contributed by atoms with Gasteiger partial charge in [0.1, 0.15) is 5.82 Å². The summed E-state index contributed by atoms with van der Waals surface area (Å²) in [5, 5.41) is 0.697. The topological polar surface area (TPSA) is 54.7 Å². The van der Waals surface area contributed by atoms with E-state index in [4.69, 9.17) is 5.73 Å². The van der Waals surface area contributed by atoms with Crippen LogP contribution in [-0.2, 0) is 0 Å². The number of benzene rings is 1. The number of imidazole rings is 1. The molecule has 15 heavy (non-hydrogen) atoms. The van der Waals surface area contributed by atoms with Crippen LogP contribution in [0.25, 0.3) is 0 Å². The number of H-pyrrole nitrogens is 1. The van der Waals surface area contributed by atoms with Crippen molar-refractivity contribution in [2.45, 2.75) is 10.1 Å². The highest BCUT2D eigenvalue weighted by Gasteiger charge is 2.08. The molecule has 3 N–H and O–H groups in total. The van der Waals surface area contributed by atoms with E-state index in [1.807, 2.05) is 22.6 Å². The minimum Gasteiger partial charge on any atom is -0.398 e. The van der Waals surface area contributed by atoms with Gasteiger partial charge in [0.25, 0.3) is 0 Å². The van der Waals surface area contributed by atoms with E-state index in [-0.39, 0.29) is 5.82 Å². The number of halogens is 2. The second-order valence-electron chi connectivity index (χ2n) is 2.80. The molecule has 0 unspecified atom stereocenters. The van der Waals surface area contributed by atoms with Crippen molar-refractivity contribution >= 4 is 40.0 Å². The molecule has 3 nitrogen and oxygen atoms in total. The largest absolute Gasteiger partial charge is 0.398 e. The van der Waals surface area contributed by atoms with Crippen LogP contribution >= 0.6 is 34.4 Å². The Labute approximate surface area is 104 Å². The van der Waals surface area contributed by atoms with Crippen molar-refractivity contribution in [1.82, 2.24) is 9.97 Å². The Hall–Kier alpha value is -0.760. The van der Waals surface area contributed by atoms with Gasteiger partial charge in [-0.3, -0.25) is 0 Å². The Bertz CT molecular complexity index is 472. The first-order chi connectivity index (χ1) is 7.16. The standard InChI is InChI=1S/C9H7FIN3S/c10-5-3-8(7(12)4-6(5)11)15-9-13-1-2-14-9/h1-4H,12H2,(H,13,14). The van der Waals surface area contributed by atoms with Crippen molar-refractivity contribution < 1.29 is 4.39 Å². The van der Waals surface area contributed by atoms with Crippen LogP contribution in [0.1, 0.15) is 0 Å². The van der Waals surface area contributed by atoms with E-state index < -0.39 is 0 Å². The van der Waals surface area contributed by atoms with Crippen LogP contribution in [0.4, 0.5) is 10.1 Å². The number of nitrogens with one attached hydrogen (secondary N) is 1. The van der Waals surface area contributed by atoms with Gasteiger partial charge in [-0.1, -0.05) is 0 Å². The van der Waals surface area contributed by atoms with Crippen LogP contribution in [0.2, 0.25) is 0 Å². The van der Waals surface area contributed by atoms with E-state index in [0.717, 1.165) is 0 Å². The van der Waals surface area contributed by atoms with Crippen LogP contribution in [0.5, 0.6) is 0 Å². The minimum absolute atomic E-state index is 0.265. The van der Waals surface area contributed by atoms with Crippen LogP contribution in [0.3, 0.4) is 0 Å². The molecule has 0 aliphatic rings. The van der Waals surface area contributed by atoms with Crippen molar-refractivity contribution in [3.63, 3.8) is 0 Å². The molecule has 0 radical (unpaired) electrons.